The topological polar surface area (TPSA) is 66.5 Å². The largest absolute Gasteiger partial charge is 0.322 e. The summed E-state index contributed by atoms with van der Waals surface area (Å²) in [4.78, 5) is 12.7. The molecular formula is C20H23BrN2O3S. The van der Waals surface area contributed by atoms with Gasteiger partial charge in [0, 0.05) is 28.8 Å². The van der Waals surface area contributed by atoms with Crippen molar-refractivity contribution in [2.24, 2.45) is 11.8 Å². The van der Waals surface area contributed by atoms with Crippen molar-refractivity contribution in [3.05, 3.63) is 58.6 Å². The molecule has 27 heavy (non-hydrogen) atoms. The van der Waals surface area contributed by atoms with Crippen molar-refractivity contribution in [1.82, 2.24) is 4.31 Å². The van der Waals surface area contributed by atoms with Gasteiger partial charge >= 0.3 is 0 Å². The predicted molar refractivity (Wildman–Crippen MR) is 110 cm³/mol. The molecule has 1 heterocycles. The molecule has 5 nitrogen and oxygen atoms in total. The molecule has 2 aromatic carbocycles. The minimum absolute atomic E-state index is 0.159. The minimum atomic E-state index is -3.62. The van der Waals surface area contributed by atoms with Crippen LogP contribution in [0, 0.1) is 11.8 Å². The second-order valence-electron chi connectivity index (χ2n) is 7.26. The summed E-state index contributed by atoms with van der Waals surface area (Å²) < 4.78 is 28.5. The standard InChI is InChI=1S/C20H23BrN2O3S/c1-14-10-15(2)13-23(12-14)27(25,26)19-5-3-4-16(11-19)20(24)22-18-8-6-17(21)7-9-18/h3-9,11,14-15H,10,12-13H2,1-2H3,(H,22,24). The molecule has 2 unspecified atom stereocenters. The highest BCUT2D eigenvalue weighted by atomic mass is 79.9. The Bertz CT molecular complexity index is 918. The number of hydrogen-bond donors (Lipinski definition) is 1. The summed E-state index contributed by atoms with van der Waals surface area (Å²) in [6.45, 7) is 5.17. The summed E-state index contributed by atoms with van der Waals surface area (Å²) in [6, 6.07) is 13.4. The lowest BCUT2D eigenvalue weighted by Crippen LogP contribution is -2.42. The van der Waals surface area contributed by atoms with Crippen molar-refractivity contribution < 1.29 is 13.2 Å². The Labute approximate surface area is 169 Å². The number of sulfonamides is 1. The number of piperidine rings is 1. The Morgan fingerprint density at radius 1 is 1.07 bits per heavy atom. The van der Waals surface area contributed by atoms with Crippen molar-refractivity contribution in [2.45, 2.75) is 25.2 Å². The summed E-state index contributed by atoms with van der Waals surface area (Å²) in [5.74, 6) is 0.314. The van der Waals surface area contributed by atoms with E-state index in [0.717, 1.165) is 10.9 Å². The Hall–Kier alpha value is -1.70. The number of halogens is 1. The number of rotatable bonds is 4. The number of carbonyl (C=O) groups excluding carboxylic acids is 1. The highest BCUT2D eigenvalue weighted by Gasteiger charge is 2.31. The van der Waals surface area contributed by atoms with Crippen LogP contribution in [0.4, 0.5) is 5.69 Å². The lowest BCUT2D eigenvalue weighted by atomic mass is 9.94. The van der Waals surface area contributed by atoms with Gasteiger partial charge in [-0.15, -0.1) is 0 Å². The second kappa shape index (κ2) is 8.12. The average Bonchev–Trinajstić information content (AvgIpc) is 2.63. The third-order valence-corrected chi connectivity index (χ3v) is 7.03. The molecule has 0 radical (unpaired) electrons. The zero-order valence-corrected chi connectivity index (χ0v) is 17.8. The van der Waals surface area contributed by atoms with Gasteiger partial charge in [-0.1, -0.05) is 35.8 Å². The van der Waals surface area contributed by atoms with E-state index in [0.29, 0.717) is 36.2 Å². The number of anilines is 1. The normalized spacial score (nSPS) is 21.0. The van der Waals surface area contributed by atoms with E-state index < -0.39 is 10.0 Å². The van der Waals surface area contributed by atoms with E-state index in [4.69, 9.17) is 0 Å². The lowest BCUT2D eigenvalue weighted by molar-refractivity contribution is 0.102. The smallest absolute Gasteiger partial charge is 0.255 e. The molecule has 1 fully saturated rings. The molecule has 2 aromatic rings. The summed E-state index contributed by atoms with van der Waals surface area (Å²) in [5, 5.41) is 2.79. The van der Waals surface area contributed by atoms with E-state index in [-0.39, 0.29) is 10.8 Å². The number of benzene rings is 2. The minimum Gasteiger partial charge on any atom is -0.322 e. The van der Waals surface area contributed by atoms with E-state index in [1.165, 1.54) is 10.4 Å². The molecule has 2 atom stereocenters. The molecule has 1 aliphatic rings. The number of hydrogen-bond acceptors (Lipinski definition) is 3. The van der Waals surface area contributed by atoms with Gasteiger partial charge in [-0.25, -0.2) is 8.42 Å². The van der Waals surface area contributed by atoms with Crippen LogP contribution in [0.3, 0.4) is 0 Å². The number of amides is 1. The van der Waals surface area contributed by atoms with Crippen LogP contribution in [0.15, 0.2) is 57.9 Å². The quantitative estimate of drug-likeness (QED) is 0.751. The molecule has 0 spiro atoms. The summed E-state index contributed by atoms with van der Waals surface area (Å²) in [5.41, 5.74) is 0.965. The van der Waals surface area contributed by atoms with E-state index in [2.05, 4.69) is 35.1 Å². The van der Waals surface area contributed by atoms with E-state index >= 15 is 0 Å². The van der Waals surface area contributed by atoms with Crippen LogP contribution in [0.5, 0.6) is 0 Å². The maximum atomic E-state index is 13.0. The molecule has 0 aromatic heterocycles. The third-order valence-electron chi connectivity index (χ3n) is 4.67. The van der Waals surface area contributed by atoms with Crippen molar-refractivity contribution in [2.75, 3.05) is 18.4 Å². The first-order valence-electron chi connectivity index (χ1n) is 8.93. The van der Waals surface area contributed by atoms with Gasteiger partial charge in [0.15, 0.2) is 0 Å². The fraction of sp³-hybridized carbons (Fsp3) is 0.350. The Morgan fingerprint density at radius 2 is 1.70 bits per heavy atom. The van der Waals surface area contributed by atoms with Gasteiger partial charge in [-0.2, -0.15) is 4.31 Å². The molecule has 1 aliphatic heterocycles. The summed E-state index contributed by atoms with van der Waals surface area (Å²) in [6.07, 6.45) is 1.03. The van der Waals surface area contributed by atoms with Gasteiger partial charge in [0.1, 0.15) is 0 Å². The molecule has 3 rings (SSSR count). The van der Waals surface area contributed by atoms with E-state index in [1.807, 2.05) is 12.1 Å². The van der Waals surface area contributed by atoms with Crippen LogP contribution in [0.25, 0.3) is 0 Å². The van der Waals surface area contributed by atoms with Gasteiger partial charge in [0.25, 0.3) is 5.91 Å². The van der Waals surface area contributed by atoms with Crippen LogP contribution in [0.2, 0.25) is 0 Å². The number of nitrogens with one attached hydrogen (secondary N) is 1. The molecule has 144 valence electrons. The Kier molecular flexibility index (Phi) is 6.03. The molecule has 1 N–H and O–H groups in total. The van der Waals surface area contributed by atoms with Crippen molar-refractivity contribution >= 4 is 37.5 Å². The molecule has 0 bridgehead atoms. The highest BCUT2D eigenvalue weighted by molar-refractivity contribution is 9.10. The predicted octanol–water partition coefficient (Wildman–Crippen LogP) is 4.37. The summed E-state index contributed by atoms with van der Waals surface area (Å²) in [7, 11) is -3.62. The van der Waals surface area contributed by atoms with Crippen LogP contribution in [-0.4, -0.2) is 31.7 Å². The first-order chi connectivity index (χ1) is 12.8. The molecule has 0 aliphatic carbocycles. The molecular weight excluding hydrogens is 428 g/mol. The average molecular weight is 451 g/mol. The van der Waals surface area contributed by atoms with Gasteiger partial charge < -0.3 is 5.32 Å². The first-order valence-corrected chi connectivity index (χ1v) is 11.2. The van der Waals surface area contributed by atoms with Crippen LogP contribution >= 0.6 is 15.9 Å². The van der Waals surface area contributed by atoms with Crippen LogP contribution in [0.1, 0.15) is 30.6 Å². The van der Waals surface area contributed by atoms with Crippen molar-refractivity contribution in [1.29, 1.82) is 0 Å². The molecule has 0 saturated carbocycles. The van der Waals surface area contributed by atoms with E-state index in [1.54, 1.807) is 30.3 Å². The number of nitrogens with zero attached hydrogens (tertiary/aromatic N) is 1. The van der Waals surface area contributed by atoms with Gasteiger partial charge in [0.05, 0.1) is 4.90 Å². The van der Waals surface area contributed by atoms with Crippen molar-refractivity contribution in [3.63, 3.8) is 0 Å². The second-order valence-corrected chi connectivity index (χ2v) is 10.1. The van der Waals surface area contributed by atoms with E-state index in [9.17, 15) is 13.2 Å². The highest BCUT2D eigenvalue weighted by Crippen LogP contribution is 2.27. The van der Waals surface area contributed by atoms with Gasteiger partial charge in [-0.3, -0.25) is 4.79 Å². The first kappa shape index (κ1) is 20.0. The molecule has 1 amide bonds. The third kappa shape index (κ3) is 4.78. The fourth-order valence-electron chi connectivity index (χ4n) is 3.49. The maximum absolute atomic E-state index is 13.0. The SMILES string of the molecule is CC1CC(C)CN(S(=O)(=O)c2cccc(C(=O)Nc3ccc(Br)cc3)c2)C1. The molecule has 7 heteroatoms. The zero-order chi connectivity index (χ0) is 19.6. The fourth-order valence-corrected chi connectivity index (χ4v) is 5.48. The monoisotopic (exact) mass is 450 g/mol. The number of carbonyl (C=O) groups is 1. The van der Waals surface area contributed by atoms with Crippen LogP contribution in [-0.2, 0) is 10.0 Å². The Morgan fingerprint density at radius 3 is 2.33 bits per heavy atom. The van der Waals surface area contributed by atoms with Crippen molar-refractivity contribution in [3.8, 4) is 0 Å². The lowest BCUT2D eigenvalue weighted by Gasteiger charge is -2.34. The summed E-state index contributed by atoms with van der Waals surface area (Å²) >= 11 is 3.35. The van der Waals surface area contributed by atoms with Gasteiger partial charge in [0.2, 0.25) is 10.0 Å². The van der Waals surface area contributed by atoms with Gasteiger partial charge in [-0.05, 0) is 60.7 Å². The van der Waals surface area contributed by atoms with Crippen LogP contribution < -0.4 is 5.32 Å². The zero-order valence-electron chi connectivity index (χ0n) is 15.4. The Balaban J connectivity index is 1.82. The molecule has 1 saturated heterocycles. The maximum Gasteiger partial charge on any atom is 0.255 e.